The maximum Gasteiger partial charge on any atom is 0.255 e. The summed E-state index contributed by atoms with van der Waals surface area (Å²) in [4.78, 5) is 35.8. The Balaban J connectivity index is 1.53. The van der Waals surface area contributed by atoms with Crippen LogP contribution in [0.25, 0.3) is 11.0 Å². The van der Waals surface area contributed by atoms with E-state index in [0.717, 1.165) is 29.6 Å². The van der Waals surface area contributed by atoms with Crippen LogP contribution < -0.4 is 11.1 Å². The maximum atomic E-state index is 13.1. The van der Waals surface area contributed by atoms with Gasteiger partial charge in [-0.05, 0) is 67.7 Å². The molecule has 1 saturated heterocycles. The molecule has 1 fully saturated rings. The molecule has 1 aromatic heterocycles. The van der Waals surface area contributed by atoms with Crippen molar-refractivity contribution in [3.8, 4) is 0 Å². The Morgan fingerprint density at radius 1 is 1.29 bits per heavy atom. The number of aromatic amines is 1. The standard InChI is InChI=1S/C24H27Cl2N5O2S/c1-34-10-8-20(22-28-19-7-5-15(25)12-21(19)29-22)30-23(32)14-4-6-17(18(26)11-14)24(33)31-9-2-3-16(31)13-27/h4-7,11-12,16,20H,2-3,8-10,13,27H2,1H3,(H,28,29)(H,30,32). The second-order valence-electron chi connectivity index (χ2n) is 8.32. The molecule has 0 aliphatic carbocycles. The van der Waals surface area contributed by atoms with Crippen LogP contribution in [0.1, 0.15) is 51.8 Å². The molecular weight excluding hydrogens is 493 g/mol. The van der Waals surface area contributed by atoms with E-state index in [9.17, 15) is 9.59 Å². The number of hydrogen-bond donors (Lipinski definition) is 3. The molecule has 3 aromatic rings. The van der Waals surface area contributed by atoms with Crippen molar-refractivity contribution in [3.63, 3.8) is 0 Å². The van der Waals surface area contributed by atoms with Gasteiger partial charge in [0.05, 0.1) is 27.7 Å². The number of hydrogen-bond acceptors (Lipinski definition) is 5. The van der Waals surface area contributed by atoms with Crippen LogP contribution in [-0.2, 0) is 0 Å². The molecule has 180 valence electrons. The summed E-state index contributed by atoms with van der Waals surface area (Å²) < 4.78 is 0. The lowest BCUT2D eigenvalue weighted by atomic mass is 10.1. The minimum atomic E-state index is -0.318. The molecule has 4 N–H and O–H groups in total. The zero-order chi connectivity index (χ0) is 24.2. The van der Waals surface area contributed by atoms with Crippen LogP contribution in [0.2, 0.25) is 10.0 Å². The van der Waals surface area contributed by atoms with E-state index in [-0.39, 0.29) is 28.9 Å². The van der Waals surface area contributed by atoms with E-state index in [4.69, 9.17) is 28.9 Å². The highest BCUT2D eigenvalue weighted by Gasteiger charge is 2.29. The third-order valence-electron chi connectivity index (χ3n) is 6.08. The van der Waals surface area contributed by atoms with Crippen molar-refractivity contribution in [1.29, 1.82) is 0 Å². The summed E-state index contributed by atoms with van der Waals surface area (Å²) in [5, 5.41) is 3.91. The lowest BCUT2D eigenvalue weighted by molar-refractivity contribution is 0.0740. The molecule has 2 unspecified atom stereocenters. The summed E-state index contributed by atoms with van der Waals surface area (Å²) in [6, 6.07) is 9.95. The Bertz CT molecular complexity index is 1200. The van der Waals surface area contributed by atoms with Gasteiger partial charge in [0.25, 0.3) is 11.8 Å². The summed E-state index contributed by atoms with van der Waals surface area (Å²) >= 11 is 14.2. The van der Waals surface area contributed by atoms with E-state index in [2.05, 4.69) is 15.3 Å². The Labute approximate surface area is 212 Å². The molecule has 4 rings (SSSR count). The lowest BCUT2D eigenvalue weighted by Gasteiger charge is -2.24. The number of nitrogens with one attached hydrogen (secondary N) is 2. The normalized spacial score (nSPS) is 16.7. The molecule has 0 bridgehead atoms. The van der Waals surface area contributed by atoms with Crippen molar-refractivity contribution in [3.05, 3.63) is 63.4 Å². The highest BCUT2D eigenvalue weighted by molar-refractivity contribution is 7.98. The number of aromatic nitrogens is 2. The van der Waals surface area contributed by atoms with Gasteiger partial charge in [0.15, 0.2) is 0 Å². The van der Waals surface area contributed by atoms with Gasteiger partial charge in [0, 0.05) is 29.7 Å². The highest BCUT2D eigenvalue weighted by Crippen LogP contribution is 2.26. The minimum Gasteiger partial charge on any atom is -0.342 e. The molecule has 2 aromatic carbocycles. The summed E-state index contributed by atoms with van der Waals surface area (Å²) in [6.07, 6.45) is 4.53. The van der Waals surface area contributed by atoms with Gasteiger partial charge in [0.2, 0.25) is 0 Å². The molecule has 2 atom stereocenters. The number of likely N-dealkylation sites (tertiary alicyclic amines) is 1. The van der Waals surface area contributed by atoms with Crippen LogP contribution >= 0.6 is 35.0 Å². The third-order valence-corrected chi connectivity index (χ3v) is 7.27. The lowest BCUT2D eigenvalue weighted by Crippen LogP contribution is -2.40. The molecule has 10 heteroatoms. The number of amides is 2. The number of carbonyl (C=O) groups excluding carboxylic acids is 2. The Kier molecular flexibility index (Phi) is 8.03. The number of halogens is 2. The molecule has 2 heterocycles. The van der Waals surface area contributed by atoms with E-state index < -0.39 is 0 Å². The fourth-order valence-electron chi connectivity index (χ4n) is 4.25. The molecule has 0 radical (unpaired) electrons. The molecule has 0 saturated carbocycles. The third kappa shape index (κ3) is 5.35. The van der Waals surface area contributed by atoms with Crippen molar-refractivity contribution in [2.24, 2.45) is 5.73 Å². The summed E-state index contributed by atoms with van der Waals surface area (Å²) in [7, 11) is 0. The zero-order valence-corrected chi connectivity index (χ0v) is 21.1. The number of imidazole rings is 1. The van der Waals surface area contributed by atoms with Crippen LogP contribution in [0.3, 0.4) is 0 Å². The average molecular weight is 520 g/mol. The summed E-state index contributed by atoms with van der Waals surface area (Å²) in [5.41, 5.74) is 8.17. The van der Waals surface area contributed by atoms with Gasteiger partial charge in [0.1, 0.15) is 5.82 Å². The number of nitrogens with two attached hydrogens (primary N) is 1. The second kappa shape index (κ2) is 11.0. The molecule has 34 heavy (non-hydrogen) atoms. The summed E-state index contributed by atoms with van der Waals surface area (Å²) in [6.45, 7) is 1.09. The van der Waals surface area contributed by atoms with Gasteiger partial charge in [-0.1, -0.05) is 23.2 Å². The zero-order valence-electron chi connectivity index (χ0n) is 18.8. The fraction of sp³-hybridized carbons (Fsp3) is 0.375. The van der Waals surface area contributed by atoms with Crippen molar-refractivity contribution in [2.75, 3.05) is 25.1 Å². The van der Waals surface area contributed by atoms with Crippen molar-refractivity contribution in [2.45, 2.75) is 31.3 Å². The first-order chi connectivity index (χ1) is 16.4. The van der Waals surface area contributed by atoms with Crippen LogP contribution in [0, 0.1) is 0 Å². The first kappa shape index (κ1) is 24.9. The molecule has 1 aliphatic heterocycles. The largest absolute Gasteiger partial charge is 0.342 e. The SMILES string of the molecule is CSCCC(NC(=O)c1ccc(C(=O)N2CCCC2CN)c(Cl)c1)c1nc2cc(Cl)ccc2[nH]1. The van der Waals surface area contributed by atoms with Crippen molar-refractivity contribution >= 4 is 57.8 Å². The fourth-order valence-corrected chi connectivity index (χ4v) is 5.15. The van der Waals surface area contributed by atoms with Crippen molar-refractivity contribution < 1.29 is 9.59 Å². The molecule has 1 aliphatic rings. The predicted molar refractivity (Wildman–Crippen MR) is 139 cm³/mol. The molecular formula is C24H27Cl2N5O2S. The average Bonchev–Trinajstić information content (AvgIpc) is 3.47. The Hall–Kier alpha value is -2.26. The number of carbonyl (C=O) groups is 2. The van der Waals surface area contributed by atoms with Gasteiger partial charge in [-0.3, -0.25) is 9.59 Å². The van der Waals surface area contributed by atoms with E-state index in [0.29, 0.717) is 41.5 Å². The number of H-pyrrole nitrogens is 1. The quantitative estimate of drug-likeness (QED) is 0.401. The van der Waals surface area contributed by atoms with Crippen LogP contribution in [0.5, 0.6) is 0 Å². The number of fused-ring (bicyclic) bond motifs is 1. The van der Waals surface area contributed by atoms with Crippen LogP contribution in [0.15, 0.2) is 36.4 Å². The smallest absolute Gasteiger partial charge is 0.255 e. The van der Waals surface area contributed by atoms with Crippen molar-refractivity contribution in [1.82, 2.24) is 20.2 Å². The number of nitrogens with zero attached hydrogens (tertiary/aromatic N) is 2. The predicted octanol–water partition coefficient (Wildman–Crippen LogP) is 4.66. The topological polar surface area (TPSA) is 104 Å². The Morgan fingerprint density at radius 3 is 2.85 bits per heavy atom. The number of rotatable bonds is 8. The van der Waals surface area contributed by atoms with E-state index in [1.54, 1.807) is 47.0 Å². The van der Waals surface area contributed by atoms with E-state index >= 15 is 0 Å². The molecule has 2 amide bonds. The van der Waals surface area contributed by atoms with Crippen LogP contribution in [0.4, 0.5) is 0 Å². The second-order valence-corrected chi connectivity index (χ2v) is 10.1. The van der Waals surface area contributed by atoms with Gasteiger partial charge in [-0.25, -0.2) is 4.98 Å². The highest BCUT2D eigenvalue weighted by atomic mass is 35.5. The van der Waals surface area contributed by atoms with Gasteiger partial charge in [-0.2, -0.15) is 11.8 Å². The first-order valence-electron chi connectivity index (χ1n) is 11.2. The monoisotopic (exact) mass is 519 g/mol. The summed E-state index contributed by atoms with van der Waals surface area (Å²) in [5.74, 6) is 1.07. The van der Waals surface area contributed by atoms with E-state index in [1.807, 2.05) is 12.3 Å². The molecule has 0 spiro atoms. The van der Waals surface area contributed by atoms with Gasteiger partial charge in [-0.15, -0.1) is 0 Å². The minimum absolute atomic E-state index is 0.0300. The van der Waals surface area contributed by atoms with Gasteiger partial charge >= 0.3 is 0 Å². The number of thioether (sulfide) groups is 1. The van der Waals surface area contributed by atoms with Crippen LogP contribution in [-0.4, -0.2) is 57.8 Å². The van der Waals surface area contributed by atoms with Gasteiger partial charge < -0.3 is 20.9 Å². The molecule has 7 nitrogen and oxygen atoms in total. The van der Waals surface area contributed by atoms with E-state index in [1.165, 1.54) is 0 Å². The number of benzene rings is 2. The maximum absolute atomic E-state index is 13.1. The Morgan fingerprint density at radius 2 is 2.12 bits per heavy atom. The first-order valence-corrected chi connectivity index (χ1v) is 13.3.